The number of phenols is 2. The van der Waals surface area contributed by atoms with Crippen molar-refractivity contribution in [2.75, 3.05) is 13.2 Å². The third-order valence-corrected chi connectivity index (χ3v) is 4.23. The summed E-state index contributed by atoms with van der Waals surface area (Å²) in [6.07, 6.45) is 13.1. The summed E-state index contributed by atoms with van der Waals surface area (Å²) in [5, 5.41) is 19.2. The second kappa shape index (κ2) is 13.2. The van der Waals surface area contributed by atoms with Crippen LogP contribution in [-0.4, -0.2) is 23.4 Å². The number of rotatable bonds is 14. The molecule has 0 fully saturated rings. The highest BCUT2D eigenvalue weighted by atomic mass is 16.5. The van der Waals surface area contributed by atoms with E-state index in [2.05, 4.69) is 6.92 Å². The molecule has 132 valence electrons. The highest BCUT2D eigenvalue weighted by molar-refractivity contribution is 5.44. The van der Waals surface area contributed by atoms with E-state index in [9.17, 15) is 10.2 Å². The Labute approximate surface area is 141 Å². The van der Waals surface area contributed by atoms with E-state index in [0.29, 0.717) is 0 Å². The van der Waals surface area contributed by atoms with Gasteiger partial charge in [-0.3, -0.25) is 0 Å². The Kier molecular flexibility index (Phi) is 11.4. The molecule has 0 saturated heterocycles. The molecule has 0 aliphatic rings. The third-order valence-electron chi connectivity index (χ3n) is 4.23. The van der Waals surface area contributed by atoms with Crippen molar-refractivity contribution in [3.8, 4) is 11.5 Å². The number of aromatic hydroxyl groups is 2. The van der Waals surface area contributed by atoms with Gasteiger partial charge in [-0.05, 0) is 37.3 Å². The second-order valence-electron chi connectivity index (χ2n) is 6.33. The largest absolute Gasteiger partial charge is 0.504 e. The van der Waals surface area contributed by atoms with E-state index in [-0.39, 0.29) is 11.5 Å². The molecule has 0 aliphatic heterocycles. The van der Waals surface area contributed by atoms with Crippen molar-refractivity contribution in [1.82, 2.24) is 0 Å². The third kappa shape index (κ3) is 9.50. The summed E-state index contributed by atoms with van der Waals surface area (Å²) < 4.78 is 5.56. The van der Waals surface area contributed by atoms with E-state index in [1.165, 1.54) is 63.9 Å². The molecule has 0 aromatic heterocycles. The Bertz CT molecular complexity index is 404. The molecule has 0 atom stereocenters. The van der Waals surface area contributed by atoms with E-state index in [0.717, 1.165) is 31.6 Å². The predicted molar refractivity (Wildman–Crippen MR) is 96.1 cm³/mol. The van der Waals surface area contributed by atoms with Crippen LogP contribution in [-0.2, 0) is 11.2 Å². The van der Waals surface area contributed by atoms with Crippen LogP contribution in [0.3, 0.4) is 0 Å². The lowest BCUT2D eigenvalue weighted by molar-refractivity contribution is 0.127. The van der Waals surface area contributed by atoms with Gasteiger partial charge in [-0.25, -0.2) is 0 Å². The average molecular weight is 322 g/mol. The van der Waals surface area contributed by atoms with Crippen LogP contribution in [0.25, 0.3) is 0 Å². The smallest absolute Gasteiger partial charge is 0.160 e. The van der Waals surface area contributed by atoms with E-state index in [1.54, 1.807) is 6.07 Å². The molecular formula is C20H34O3. The second-order valence-corrected chi connectivity index (χ2v) is 6.33. The number of hydrogen-bond donors (Lipinski definition) is 2. The molecule has 3 nitrogen and oxygen atoms in total. The number of unbranched alkanes of at least 4 members (excludes halogenated alkanes) is 8. The fraction of sp³-hybridized carbons (Fsp3) is 0.700. The normalized spacial score (nSPS) is 11.0. The molecule has 1 aromatic rings. The van der Waals surface area contributed by atoms with E-state index < -0.39 is 0 Å². The number of ether oxygens (including phenoxy) is 1. The molecule has 3 heteroatoms. The van der Waals surface area contributed by atoms with Crippen molar-refractivity contribution in [3.63, 3.8) is 0 Å². The van der Waals surface area contributed by atoms with Crippen molar-refractivity contribution < 1.29 is 14.9 Å². The Hall–Kier alpha value is -1.22. The minimum atomic E-state index is -0.0128. The molecule has 0 bridgehead atoms. The maximum absolute atomic E-state index is 9.73. The number of benzene rings is 1. The molecule has 1 rings (SSSR count). The first kappa shape index (κ1) is 19.8. The standard InChI is InChI=1S/C20H34O3/c1-2-3-16-23-17-11-9-7-5-4-6-8-10-13-18-14-12-15-19(21)20(18)22/h12,14-15,21-22H,2-11,13,16-17H2,1H3. The highest BCUT2D eigenvalue weighted by Gasteiger charge is 2.04. The lowest BCUT2D eigenvalue weighted by Crippen LogP contribution is -1.96. The van der Waals surface area contributed by atoms with Crippen molar-refractivity contribution in [2.24, 2.45) is 0 Å². The molecular weight excluding hydrogens is 288 g/mol. The number of para-hydroxylation sites is 1. The highest BCUT2D eigenvalue weighted by Crippen LogP contribution is 2.29. The van der Waals surface area contributed by atoms with Gasteiger partial charge < -0.3 is 14.9 Å². The van der Waals surface area contributed by atoms with Crippen molar-refractivity contribution in [2.45, 2.75) is 77.6 Å². The molecule has 0 aliphatic carbocycles. The zero-order valence-corrected chi connectivity index (χ0v) is 14.7. The lowest BCUT2D eigenvalue weighted by Gasteiger charge is -2.06. The first-order valence-electron chi connectivity index (χ1n) is 9.33. The van der Waals surface area contributed by atoms with Gasteiger partial charge in [-0.15, -0.1) is 0 Å². The summed E-state index contributed by atoms with van der Waals surface area (Å²) in [4.78, 5) is 0. The van der Waals surface area contributed by atoms with Gasteiger partial charge in [0.15, 0.2) is 11.5 Å². The Morgan fingerprint density at radius 2 is 1.39 bits per heavy atom. The maximum Gasteiger partial charge on any atom is 0.160 e. The summed E-state index contributed by atoms with van der Waals surface area (Å²) in [5.74, 6) is 0.0369. The van der Waals surface area contributed by atoms with Crippen LogP contribution in [0.4, 0.5) is 0 Å². The van der Waals surface area contributed by atoms with Crippen LogP contribution in [0.5, 0.6) is 11.5 Å². The molecule has 0 heterocycles. The summed E-state index contributed by atoms with van der Waals surface area (Å²) in [5.41, 5.74) is 0.855. The lowest BCUT2D eigenvalue weighted by atomic mass is 10.0. The van der Waals surface area contributed by atoms with Crippen molar-refractivity contribution in [1.29, 1.82) is 0 Å². The average Bonchev–Trinajstić information content (AvgIpc) is 2.55. The fourth-order valence-electron chi connectivity index (χ4n) is 2.71. The maximum atomic E-state index is 9.73. The quantitative estimate of drug-likeness (QED) is 0.347. The van der Waals surface area contributed by atoms with E-state index in [1.807, 2.05) is 6.07 Å². The molecule has 1 aromatic carbocycles. The number of aryl methyl sites for hydroxylation is 1. The van der Waals surface area contributed by atoms with Crippen LogP contribution in [0, 0.1) is 0 Å². The Morgan fingerprint density at radius 1 is 0.783 bits per heavy atom. The topological polar surface area (TPSA) is 49.7 Å². The minimum absolute atomic E-state index is 0.0128. The van der Waals surface area contributed by atoms with Crippen molar-refractivity contribution in [3.05, 3.63) is 23.8 Å². The number of hydrogen-bond acceptors (Lipinski definition) is 3. The van der Waals surface area contributed by atoms with E-state index >= 15 is 0 Å². The zero-order valence-electron chi connectivity index (χ0n) is 14.7. The predicted octanol–water partition coefficient (Wildman–Crippen LogP) is 5.58. The molecule has 0 spiro atoms. The van der Waals surface area contributed by atoms with Gasteiger partial charge in [-0.2, -0.15) is 0 Å². The first-order chi connectivity index (χ1) is 11.3. The van der Waals surface area contributed by atoms with Crippen LogP contribution in [0.1, 0.15) is 76.7 Å². The van der Waals surface area contributed by atoms with Gasteiger partial charge >= 0.3 is 0 Å². The van der Waals surface area contributed by atoms with Gasteiger partial charge in [0.05, 0.1) is 0 Å². The van der Waals surface area contributed by atoms with Gasteiger partial charge in [0.2, 0.25) is 0 Å². The molecule has 23 heavy (non-hydrogen) atoms. The summed E-state index contributed by atoms with van der Waals surface area (Å²) in [6.45, 7) is 4.04. The van der Waals surface area contributed by atoms with Gasteiger partial charge in [-0.1, -0.05) is 64.0 Å². The summed E-state index contributed by atoms with van der Waals surface area (Å²) in [6, 6.07) is 5.20. The molecule has 0 saturated carbocycles. The first-order valence-corrected chi connectivity index (χ1v) is 9.33. The van der Waals surface area contributed by atoms with Crippen LogP contribution in [0.15, 0.2) is 18.2 Å². The SMILES string of the molecule is CCCCOCCCCCCCCCCc1cccc(O)c1O. The number of phenolic OH excluding ortho intramolecular Hbond substituents is 2. The summed E-state index contributed by atoms with van der Waals surface area (Å²) in [7, 11) is 0. The fourth-order valence-corrected chi connectivity index (χ4v) is 2.71. The van der Waals surface area contributed by atoms with E-state index in [4.69, 9.17) is 4.74 Å². The summed E-state index contributed by atoms with van der Waals surface area (Å²) >= 11 is 0. The molecule has 2 N–H and O–H groups in total. The van der Waals surface area contributed by atoms with Gasteiger partial charge in [0, 0.05) is 13.2 Å². The Morgan fingerprint density at radius 3 is 2.09 bits per heavy atom. The molecule has 0 unspecified atom stereocenters. The monoisotopic (exact) mass is 322 g/mol. The molecule has 0 amide bonds. The van der Waals surface area contributed by atoms with Crippen LogP contribution < -0.4 is 0 Å². The van der Waals surface area contributed by atoms with Gasteiger partial charge in [0.25, 0.3) is 0 Å². The van der Waals surface area contributed by atoms with Gasteiger partial charge in [0.1, 0.15) is 0 Å². The minimum Gasteiger partial charge on any atom is -0.504 e. The van der Waals surface area contributed by atoms with Crippen molar-refractivity contribution >= 4 is 0 Å². The van der Waals surface area contributed by atoms with Crippen LogP contribution in [0.2, 0.25) is 0 Å². The van der Waals surface area contributed by atoms with Crippen LogP contribution >= 0.6 is 0 Å². The zero-order chi connectivity index (χ0) is 16.8. The molecule has 0 radical (unpaired) electrons. The Balaban J connectivity index is 1.87.